The second kappa shape index (κ2) is 4.55. The van der Waals surface area contributed by atoms with Crippen LogP contribution in [0.1, 0.15) is 12.8 Å². The Morgan fingerprint density at radius 2 is 2.28 bits per heavy atom. The lowest BCUT2D eigenvalue weighted by molar-refractivity contribution is 0.311. The molecule has 1 aliphatic rings. The molecule has 0 atom stereocenters. The van der Waals surface area contributed by atoms with Crippen molar-refractivity contribution in [1.29, 1.82) is 0 Å². The smallest absolute Gasteiger partial charge is 0.201 e. The zero-order valence-electron chi connectivity index (χ0n) is 10.4. The number of nitrogen functional groups attached to an aromatic ring is 1. The molecule has 1 saturated carbocycles. The summed E-state index contributed by atoms with van der Waals surface area (Å²) in [7, 11) is 2.18. The molecule has 1 aromatic heterocycles. The third-order valence-corrected chi connectivity index (χ3v) is 4.08. The van der Waals surface area contributed by atoms with Crippen LogP contribution in [0.4, 0.5) is 5.95 Å². The van der Waals surface area contributed by atoms with Crippen molar-refractivity contribution in [1.82, 2.24) is 14.5 Å². The average molecular weight is 309 g/mol. The number of nitrogens with two attached hydrogens (primary N) is 1. The molecule has 1 fully saturated rings. The van der Waals surface area contributed by atoms with E-state index in [9.17, 15) is 0 Å². The van der Waals surface area contributed by atoms with Crippen molar-refractivity contribution in [2.24, 2.45) is 0 Å². The number of fused-ring (bicyclic) bond motifs is 1. The summed E-state index contributed by atoms with van der Waals surface area (Å²) in [5.41, 5.74) is 8.06. The molecule has 1 aliphatic carbocycles. The molecule has 0 unspecified atom stereocenters. The average Bonchev–Trinajstić information content (AvgIpc) is 3.12. The fourth-order valence-electron chi connectivity index (χ4n) is 2.31. The molecule has 2 aromatic rings. The lowest BCUT2D eigenvalue weighted by Gasteiger charge is -2.16. The Morgan fingerprint density at radius 1 is 1.50 bits per heavy atom. The van der Waals surface area contributed by atoms with Crippen molar-refractivity contribution in [3.8, 4) is 0 Å². The van der Waals surface area contributed by atoms with Crippen LogP contribution in [0.5, 0.6) is 0 Å². The van der Waals surface area contributed by atoms with Crippen LogP contribution < -0.4 is 5.73 Å². The Morgan fingerprint density at radius 3 is 3.00 bits per heavy atom. The van der Waals surface area contributed by atoms with Crippen LogP contribution in [-0.4, -0.2) is 34.1 Å². The quantitative estimate of drug-likeness (QED) is 0.944. The van der Waals surface area contributed by atoms with Gasteiger partial charge in [0, 0.05) is 23.6 Å². The normalized spacial score (nSPS) is 15.7. The lowest BCUT2D eigenvalue weighted by atomic mass is 10.3. The highest BCUT2D eigenvalue weighted by atomic mass is 79.9. The summed E-state index contributed by atoms with van der Waals surface area (Å²) in [6, 6.07) is 6.86. The Kier molecular flexibility index (Phi) is 3.03. The van der Waals surface area contributed by atoms with Crippen LogP contribution >= 0.6 is 15.9 Å². The van der Waals surface area contributed by atoms with Crippen LogP contribution in [0.15, 0.2) is 22.7 Å². The maximum absolute atomic E-state index is 6.00. The number of halogens is 1. The standard InChI is InChI=1S/C13H17BrN4/c1-17(10-3-4-10)6-7-18-12-8-9(14)2-5-11(12)16-13(18)15/h2,5,8,10H,3-4,6-7H2,1H3,(H2,15,16). The number of imidazole rings is 1. The van der Waals surface area contributed by atoms with Gasteiger partial charge < -0.3 is 15.2 Å². The maximum atomic E-state index is 6.00. The zero-order valence-corrected chi connectivity index (χ0v) is 12.0. The van der Waals surface area contributed by atoms with Gasteiger partial charge in [0.15, 0.2) is 0 Å². The highest BCUT2D eigenvalue weighted by Gasteiger charge is 2.25. The minimum Gasteiger partial charge on any atom is -0.369 e. The van der Waals surface area contributed by atoms with Crippen LogP contribution in [-0.2, 0) is 6.54 Å². The fraction of sp³-hybridized carbons (Fsp3) is 0.462. The van der Waals surface area contributed by atoms with E-state index in [1.807, 2.05) is 12.1 Å². The van der Waals surface area contributed by atoms with Crippen molar-refractivity contribution in [3.63, 3.8) is 0 Å². The highest BCUT2D eigenvalue weighted by molar-refractivity contribution is 9.10. The Labute approximate surface area is 115 Å². The van der Waals surface area contributed by atoms with E-state index in [1.54, 1.807) is 0 Å². The van der Waals surface area contributed by atoms with Gasteiger partial charge >= 0.3 is 0 Å². The second-order valence-corrected chi connectivity index (χ2v) is 5.88. The number of rotatable bonds is 4. The molecule has 0 radical (unpaired) electrons. The first-order valence-corrected chi connectivity index (χ1v) is 7.06. The van der Waals surface area contributed by atoms with Crippen LogP contribution in [0.2, 0.25) is 0 Å². The van der Waals surface area contributed by atoms with E-state index in [-0.39, 0.29) is 0 Å². The fourth-order valence-corrected chi connectivity index (χ4v) is 2.65. The largest absolute Gasteiger partial charge is 0.369 e. The summed E-state index contributed by atoms with van der Waals surface area (Å²) in [4.78, 5) is 6.80. The number of aromatic nitrogens is 2. The minimum atomic E-state index is 0.604. The molecule has 5 heteroatoms. The maximum Gasteiger partial charge on any atom is 0.201 e. The van der Waals surface area contributed by atoms with Gasteiger partial charge in [0.05, 0.1) is 11.0 Å². The van der Waals surface area contributed by atoms with E-state index in [0.29, 0.717) is 5.95 Å². The predicted molar refractivity (Wildman–Crippen MR) is 77.5 cm³/mol. The number of benzene rings is 1. The molecular weight excluding hydrogens is 292 g/mol. The topological polar surface area (TPSA) is 47.1 Å². The van der Waals surface area contributed by atoms with Crippen LogP contribution in [0.3, 0.4) is 0 Å². The first-order chi connectivity index (χ1) is 8.65. The van der Waals surface area contributed by atoms with Gasteiger partial charge in [-0.1, -0.05) is 15.9 Å². The molecule has 2 N–H and O–H groups in total. The molecule has 3 rings (SSSR count). The van der Waals surface area contributed by atoms with Crippen molar-refractivity contribution in [2.45, 2.75) is 25.4 Å². The Balaban J connectivity index is 1.85. The van der Waals surface area contributed by atoms with E-state index in [4.69, 9.17) is 5.73 Å². The molecule has 4 nitrogen and oxygen atoms in total. The summed E-state index contributed by atoms with van der Waals surface area (Å²) in [5.74, 6) is 0.604. The number of hydrogen-bond acceptors (Lipinski definition) is 3. The van der Waals surface area contributed by atoms with E-state index < -0.39 is 0 Å². The van der Waals surface area contributed by atoms with Gasteiger partial charge in [0.25, 0.3) is 0 Å². The van der Waals surface area contributed by atoms with E-state index >= 15 is 0 Å². The number of nitrogens with zero attached hydrogens (tertiary/aromatic N) is 3. The van der Waals surface area contributed by atoms with Gasteiger partial charge in [-0.25, -0.2) is 4.98 Å². The first-order valence-electron chi connectivity index (χ1n) is 6.26. The molecule has 96 valence electrons. The van der Waals surface area contributed by atoms with Gasteiger partial charge in [-0.05, 0) is 38.1 Å². The molecule has 1 aromatic carbocycles. The molecule has 0 amide bonds. The SMILES string of the molecule is CN(CCn1c(N)nc2ccc(Br)cc21)C1CC1. The van der Waals surface area contributed by atoms with Crippen molar-refractivity contribution in [3.05, 3.63) is 22.7 Å². The van der Waals surface area contributed by atoms with Crippen molar-refractivity contribution >= 4 is 32.9 Å². The van der Waals surface area contributed by atoms with E-state index in [2.05, 4.69) is 43.5 Å². The molecule has 1 heterocycles. The molecule has 0 bridgehead atoms. The van der Waals surface area contributed by atoms with Gasteiger partial charge in [-0.2, -0.15) is 0 Å². The molecule has 0 spiro atoms. The Bertz CT molecular complexity index is 574. The predicted octanol–water partition coefficient (Wildman–Crippen LogP) is 2.48. The van der Waals surface area contributed by atoms with Crippen LogP contribution in [0, 0.1) is 0 Å². The second-order valence-electron chi connectivity index (χ2n) is 4.97. The first kappa shape index (κ1) is 12.0. The summed E-state index contributed by atoms with van der Waals surface area (Å²) in [6.07, 6.45) is 2.67. The highest BCUT2D eigenvalue weighted by Crippen LogP contribution is 2.26. The monoisotopic (exact) mass is 308 g/mol. The Hall–Kier alpha value is -1.07. The minimum absolute atomic E-state index is 0.604. The molecule has 0 saturated heterocycles. The lowest BCUT2D eigenvalue weighted by Crippen LogP contribution is -2.25. The van der Waals surface area contributed by atoms with Gasteiger partial charge in [-0.15, -0.1) is 0 Å². The zero-order chi connectivity index (χ0) is 12.7. The summed E-state index contributed by atoms with van der Waals surface area (Å²) in [6.45, 7) is 1.92. The van der Waals surface area contributed by atoms with Gasteiger partial charge in [-0.3, -0.25) is 0 Å². The number of likely N-dealkylation sites (N-methyl/N-ethyl adjacent to an activating group) is 1. The summed E-state index contributed by atoms with van der Waals surface area (Å²) in [5, 5.41) is 0. The summed E-state index contributed by atoms with van der Waals surface area (Å²) >= 11 is 3.50. The van der Waals surface area contributed by atoms with E-state index in [0.717, 1.165) is 34.6 Å². The molecular formula is C13H17BrN4. The van der Waals surface area contributed by atoms with Crippen molar-refractivity contribution in [2.75, 3.05) is 19.3 Å². The van der Waals surface area contributed by atoms with Crippen molar-refractivity contribution < 1.29 is 0 Å². The third kappa shape index (κ3) is 2.24. The molecule has 18 heavy (non-hydrogen) atoms. The van der Waals surface area contributed by atoms with E-state index in [1.165, 1.54) is 12.8 Å². The molecule has 0 aliphatic heterocycles. The summed E-state index contributed by atoms with van der Waals surface area (Å²) < 4.78 is 3.16. The van der Waals surface area contributed by atoms with Gasteiger partial charge in [0.2, 0.25) is 5.95 Å². The third-order valence-electron chi connectivity index (χ3n) is 3.59. The van der Waals surface area contributed by atoms with Crippen LogP contribution in [0.25, 0.3) is 11.0 Å². The number of anilines is 1. The number of hydrogen-bond donors (Lipinski definition) is 1. The van der Waals surface area contributed by atoms with Gasteiger partial charge in [0.1, 0.15) is 0 Å².